The first kappa shape index (κ1) is 22.1. The zero-order valence-corrected chi connectivity index (χ0v) is 19.7. The highest BCUT2D eigenvalue weighted by molar-refractivity contribution is 7.90. The molecule has 2 aromatic carbocycles. The van der Waals surface area contributed by atoms with Crippen molar-refractivity contribution < 1.29 is 12.8 Å². The molecule has 0 radical (unpaired) electrons. The molecule has 2 heterocycles. The molecule has 1 saturated heterocycles. The number of fused-ring (bicyclic) bond motifs is 1. The van der Waals surface area contributed by atoms with Crippen LogP contribution in [0.4, 0.5) is 21.5 Å². The lowest BCUT2D eigenvalue weighted by atomic mass is 9.65. The first-order valence-corrected chi connectivity index (χ1v) is 12.4. The lowest BCUT2D eigenvalue weighted by Crippen LogP contribution is -2.62. The van der Waals surface area contributed by atoms with Crippen LogP contribution in [-0.2, 0) is 17.3 Å². The van der Waals surface area contributed by atoms with Crippen LogP contribution in [0.2, 0.25) is 5.02 Å². The molecule has 3 aromatic rings. The van der Waals surface area contributed by atoms with E-state index in [0.29, 0.717) is 35.2 Å². The van der Waals surface area contributed by atoms with E-state index < -0.39 is 16.0 Å². The molecule has 0 amide bonds. The summed E-state index contributed by atoms with van der Waals surface area (Å²) in [6.45, 7) is 2.71. The van der Waals surface area contributed by atoms with Crippen molar-refractivity contribution in [3.8, 4) is 0 Å². The molecule has 1 aliphatic heterocycles. The Hall–Kier alpha value is -2.69. The zero-order valence-electron chi connectivity index (χ0n) is 18.2. The second kappa shape index (κ2) is 7.68. The van der Waals surface area contributed by atoms with Gasteiger partial charge in [0.05, 0.1) is 33.6 Å². The Labute approximate surface area is 195 Å². The van der Waals surface area contributed by atoms with E-state index in [0.717, 1.165) is 25.3 Å². The van der Waals surface area contributed by atoms with Crippen molar-refractivity contribution in [3.05, 3.63) is 57.3 Å². The lowest BCUT2D eigenvalue weighted by molar-refractivity contribution is -0.00752. The van der Waals surface area contributed by atoms with Crippen LogP contribution in [0.15, 0.2) is 35.4 Å². The van der Waals surface area contributed by atoms with Crippen LogP contribution in [0, 0.1) is 18.2 Å². The maximum absolute atomic E-state index is 14.7. The Balaban J connectivity index is 1.45. The summed E-state index contributed by atoms with van der Waals surface area (Å²) in [6.07, 6.45) is 4.67. The first-order valence-electron chi connectivity index (χ1n) is 10.6. The fourth-order valence-electron chi connectivity index (χ4n) is 4.54. The predicted molar refractivity (Wildman–Crippen MR) is 127 cm³/mol. The summed E-state index contributed by atoms with van der Waals surface area (Å²) in [5.74, 6) is -0.654. The molecule has 11 heteroatoms. The number of benzene rings is 2. The van der Waals surface area contributed by atoms with Crippen molar-refractivity contribution in [2.75, 3.05) is 23.1 Å². The van der Waals surface area contributed by atoms with Gasteiger partial charge in [-0.05, 0) is 55.0 Å². The van der Waals surface area contributed by atoms with Crippen molar-refractivity contribution >= 4 is 49.8 Å². The summed E-state index contributed by atoms with van der Waals surface area (Å²) >= 11 is 6.43. The molecule has 1 aliphatic carbocycles. The number of nitrogens with zero attached hydrogens (tertiary/aromatic N) is 3. The number of aryl methyl sites for hydroxylation is 2. The Kier molecular flexibility index (Phi) is 5.15. The highest BCUT2D eigenvalue weighted by Crippen LogP contribution is 2.49. The van der Waals surface area contributed by atoms with Crippen LogP contribution < -0.4 is 15.6 Å². The van der Waals surface area contributed by atoms with Crippen molar-refractivity contribution in [2.24, 2.45) is 12.5 Å². The van der Waals surface area contributed by atoms with Gasteiger partial charge in [0.1, 0.15) is 5.82 Å². The highest BCUT2D eigenvalue weighted by atomic mass is 35.5. The molecule has 0 atom stereocenters. The maximum atomic E-state index is 14.7. The van der Waals surface area contributed by atoms with Crippen LogP contribution in [0.5, 0.6) is 0 Å². The molecule has 0 unspecified atom stereocenters. The predicted octanol–water partition coefficient (Wildman–Crippen LogP) is 3.92. The third-order valence-electron chi connectivity index (χ3n) is 6.71. The smallest absolute Gasteiger partial charge is 0.301 e. The van der Waals surface area contributed by atoms with Crippen LogP contribution in [-0.4, -0.2) is 35.4 Å². The van der Waals surface area contributed by atoms with Crippen molar-refractivity contribution in [1.82, 2.24) is 13.9 Å². The summed E-state index contributed by atoms with van der Waals surface area (Å²) < 4.78 is 45.5. The summed E-state index contributed by atoms with van der Waals surface area (Å²) in [4.78, 5) is 16.8. The van der Waals surface area contributed by atoms with Gasteiger partial charge in [-0.2, -0.15) is 12.7 Å². The van der Waals surface area contributed by atoms with Crippen molar-refractivity contribution in [1.29, 1.82) is 0 Å². The number of aromatic nitrogens is 2. The third kappa shape index (κ3) is 3.66. The molecule has 33 heavy (non-hydrogen) atoms. The molecule has 1 spiro atoms. The van der Waals surface area contributed by atoms with Crippen LogP contribution in [0.25, 0.3) is 10.9 Å². The third-order valence-corrected chi connectivity index (χ3v) is 8.52. The van der Waals surface area contributed by atoms with Gasteiger partial charge in [0, 0.05) is 25.8 Å². The van der Waals surface area contributed by atoms with Gasteiger partial charge in [-0.25, -0.2) is 9.37 Å². The van der Waals surface area contributed by atoms with Gasteiger partial charge in [0.2, 0.25) is 0 Å². The Morgan fingerprint density at radius 3 is 2.52 bits per heavy atom. The van der Waals surface area contributed by atoms with Gasteiger partial charge >= 0.3 is 10.2 Å². The fourth-order valence-corrected chi connectivity index (χ4v) is 6.31. The summed E-state index contributed by atoms with van der Waals surface area (Å²) in [6, 6.07) is 5.78. The van der Waals surface area contributed by atoms with E-state index in [2.05, 4.69) is 15.0 Å². The minimum absolute atomic E-state index is 0.0751. The van der Waals surface area contributed by atoms with Gasteiger partial charge < -0.3 is 9.88 Å². The quantitative estimate of drug-likeness (QED) is 0.564. The van der Waals surface area contributed by atoms with Crippen LogP contribution in [0.3, 0.4) is 0 Å². The Morgan fingerprint density at radius 2 is 1.85 bits per heavy atom. The van der Waals surface area contributed by atoms with E-state index in [1.54, 1.807) is 26.1 Å². The van der Waals surface area contributed by atoms with Gasteiger partial charge in [0.15, 0.2) is 0 Å². The minimum atomic E-state index is -3.80. The molecule has 5 rings (SSSR count). The SMILES string of the molecule is Cc1c(Nc2c(F)ccc(NS(=O)(=O)N3CC4(CCC4)C3)c2Cl)ccc2ncn(C)c(=O)c12. The van der Waals surface area contributed by atoms with Gasteiger partial charge in [0.25, 0.3) is 5.56 Å². The van der Waals surface area contributed by atoms with E-state index in [9.17, 15) is 17.6 Å². The molecule has 2 N–H and O–H groups in total. The average Bonchev–Trinajstić information content (AvgIpc) is 2.69. The molecule has 174 valence electrons. The molecule has 2 fully saturated rings. The molecular weight excluding hydrogens is 469 g/mol. The number of nitrogens with one attached hydrogen (secondary N) is 2. The zero-order chi connectivity index (χ0) is 23.5. The van der Waals surface area contributed by atoms with Crippen molar-refractivity contribution in [2.45, 2.75) is 26.2 Å². The second-order valence-corrected chi connectivity index (χ2v) is 11.0. The normalized spacial score (nSPS) is 17.6. The summed E-state index contributed by atoms with van der Waals surface area (Å²) in [7, 11) is -2.20. The topological polar surface area (TPSA) is 96.3 Å². The number of rotatable bonds is 5. The molecule has 1 saturated carbocycles. The molecule has 1 aromatic heterocycles. The summed E-state index contributed by atoms with van der Waals surface area (Å²) in [5, 5.41) is 3.23. The molecule has 8 nitrogen and oxygen atoms in total. The number of halogens is 2. The average molecular weight is 492 g/mol. The van der Waals surface area contributed by atoms with Gasteiger partial charge in [-0.1, -0.05) is 18.0 Å². The lowest BCUT2D eigenvalue weighted by Gasteiger charge is -2.54. The van der Waals surface area contributed by atoms with Gasteiger partial charge in [-0.15, -0.1) is 0 Å². The Bertz CT molecular complexity index is 1440. The molecule has 0 bridgehead atoms. The second-order valence-electron chi connectivity index (χ2n) is 8.93. The standard InChI is InChI=1S/C22H23ClFN5O3S/c1-13-15(6-7-16-18(13)21(30)28(2)12-25-16)26-20-14(24)4-5-17(19(20)23)27-33(31,32)29-10-22(11-29)8-3-9-22/h4-7,12,26-27H,3,8-11H2,1-2H3. The van der Waals surface area contributed by atoms with E-state index in [1.807, 2.05) is 0 Å². The van der Waals surface area contributed by atoms with Crippen molar-refractivity contribution in [3.63, 3.8) is 0 Å². The summed E-state index contributed by atoms with van der Waals surface area (Å²) in [5.41, 5.74) is 1.46. The number of hydrogen-bond acceptors (Lipinski definition) is 5. The molecule has 2 aliphatic rings. The Morgan fingerprint density at radius 1 is 1.15 bits per heavy atom. The van der Waals surface area contributed by atoms with Crippen LogP contribution in [0.1, 0.15) is 24.8 Å². The first-order chi connectivity index (χ1) is 15.6. The van der Waals surface area contributed by atoms with E-state index in [4.69, 9.17) is 11.6 Å². The van der Waals surface area contributed by atoms with Gasteiger partial charge in [-0.3, -0.25) is 9.52 Å². The number of anilines is 3. The monoisotopic (exact) mass is 491 g/mol. The van der Waals surface area contributed by atoms with E-state index in [-0.39, 0.29) is 27.4 Å². The van der Waals surface area contributed by atoms with E-state index >= 15 is 0 Å². The maximum Gasteiger partial charge on any atom is 0.301 e. The highest BCUT2D eigenvalue weighted by Gasteiger charge is 2.51. The van der Waals surface area contributed by atoms with Crippen LogP contribution >= 0.6 is 11.6 Å². The number of hydrogen-bond donors (Lipinski definition) is 2. The largest absolute Gasteiger partial charge is 0.352 e. The minimum Gasteiger partial charge on any atom is -0.352 e. The van der Waals surface area contributed by atoms with E-state index in [1.165, 1.54) is 21.3 Å². The molecular formula is C22H23ClFN5O3S. The fraction of sp³-hybridized carbons (Fsp3) is 0.364.